The van der Waals surface area contributed by atoms with Gasteiger partial charge in [0.1, 0.15) is 11.5 Å². The molecule has 10 heteroatoms. The van der Waals surface area contributed by atoms with Crippen LogP contribution >= 0.6 is 0 Å². The van der Waals surface area contributed by atoms with Crippen LogP contribution in [0.25, 0.3) is 0 Å². The lowest BCUT2D eigenvalue weighted by molar-refractivity contribution is -0.117. The molecule has 0 rings (SSSR count). The Kier molecular flexibility index (Phi) is 17.6. The number of sulfonamides is 2. The molecule has 0 aromatic rings. The maximum absolute atomic E-state index is 11.9. The fourth-order valence-corrected chi connectivity index (χ4v) is 6.38. The van der Waals surface area contributed by atoms with Gasteiger partial charge < -0.3 is 4.74 Å². The number of hydrogen-bond donors (Lipinski definition) is 2. The highest BCUT2D eigenvalue weighted by Gasteiger charge is 2.27. The van der Waals surface area contributed by atoms with Crippen LogP contribution in [0.2, 0.25) is 0 Å². The molecule has 0 fully saturated rings. The van der Waals surface area contributed by atoms with Gasteiger partial charge in [-0.3, -0.25) is 4.79 Å². The molecule has 0 saturated carbocycles. The first-order chi connectivity index (χ1) is 16.8. The first kappa shape index (κ1) is 35.5. The Labute approximate surface area is 221 Å². The lowest BCUT2D eigenvalue weighted by Crippen LogP contribution is -2.26. The van der Waals surface area contributed by atoms with E-state index in [1.54, 1.807) is 0 Å². The van der Waals surface area contributed by atoms with E-state index in [0.717, 1.165) is 90.3 Å². The third kappa shape index (κ3) is 17.1. The highest BCUT2D eigenvalue weighted by molar-refractivity contribution is 7.89. The SMILES string of the molecule is CCC(CC)(CCCCOCCCCC(CC)(CC)CCC(=O)CS(N)(=O)=O)CCCCS(N)(=O)=O. The lowest BCUT2D eigenvalue weighted by Gasteiger charge is -2.32. The molecular weight excluding hydrogens is 500 g/mol. The van der Waals surface area contributed by atoms with Crippen molar-refractivity contribution in [2.45, 2.75) is 124 Å². The molecule has 0 atom stereocenters. The van der Waals surface area contributed by atoms with Crippen molar-refractivity contribution in [3.05, 3.63) is 0 Å². The Morgan fingerprint density at radius 1 is 0.639 bits per heavy atom. The number of primary sulfonamides is 2. The summed E-state index contributed by atoms with van der Waals surface area (Å²) < 4.78 is 50.4. The first-order valence-corrected chi connectivity index (χ1v) is 17.3. The molecule has 0 saturated heterocycles. The zero-order chi connectivity index (χ0) is 27.7. The van der Waals surface area contributed by atoms with Gasteiger partial charge in [-0.25, -0.2) is 27.1 Å². The minimum Gasteiger partial charge on any atom is -0.381 e. The number of rotatable bonds is 24. The van der Waals surface area contributed by atoms with Crippen LogP contribution < -0.4 is 10.3 Å². The number of nitrogens with two attached hydrogens (primary N) is 2. The predicted molar refractivity (Wildman–Crippen MR) is 149 cm³/mol. The van der Waals surface area contributed by atoms with E-state index in [0.29, 0.717) is 12.8 Å². The molecule has 0 aliphatic carbocycles. The second kappa shape index (κ2) is 17.9. The molecule has 0 spiro atoms. The van der Waals surface area contributed by atoms with Gasteiger partial charge in [0.25, 0.3) is 0 Å². The van der Waals surface area contributed by atoms with Gasteiger partial charge in [-0.15, -0.1) is 0 Å². The van der Waals surface area contributed by atoms with Crippen molar-refractivity contribution in [1.82, 2.24) is 0 Å². The highest BCUT2D eigenvalue weighted by Crippen LogP contribution is 2.38. The normalized spacial score (nSPS) is 13.3. The molecule has 0 heterocycles. The van der Waals surface area contributed by atoms with Crippen LogP contribution in [0.1, 0.15) is 124 Å². The summed E-state index contributed by atoms with van der Waals surface area (Å²) in [5.74, 6) is -0.801. The maximum atomic E-state index is 11.9. The van der Waals surface area contributed by atoms with Crippen LogP contribution in [0, 0.1) is 10.8 Å². The van der Waals surface area contributed by atoms with Gasteiger partial charge in [0.15, 0.2) is 0 Å². The first-order valence-electron chi connectivity index (χ1n) is 13.9. The molecule has 36 heavy (non-hydrogen) atoms. The predicted octanol–water partition coefficient (Wildman–Crippen LogP) is 5.05. The van der Waals surface area contributed by atoms with Crippen molar-refractivity contribution >= 4 is 25.8 Å². The maximum Gasteiger partial charge on any atom is 0.216 e. The smallest absolute Gasteiger partial charge is 0.216 e. The van der Waals surface area contributed by atoms with E-state index in [9.17, 15) is 21.6 Å². The highest BCUT2D eigenvalue weighted by atomic mass is 32.2. The monoisotopic (exact) mass is 554 g/mol. The van der Waals surface area contributed by atoms with E-state index in [1.165, 1.54) is 0 Å². The largest absolute Gasteiger partial charge is 0.381 e. The zero-order valence-electron chi connectivity index (χ0n) is 23.4. The topological polar surface area (TPSA) is 147 Å². The van der Waals surface area contributed by atoms with Crippen molar-refractivity contribution in [2.75, 3.05) is 24.7 Å². The van der Waals surface area contributed by atoms with Crippen LogP contribution in [0.5, 0.6) is 0 Å². The average molecular weight is 555 g/mol. The van der Waals surface area contributed by atoms with Gasteiger partial charge in [0.05, 0.1) is 5.75 Å². The zero-order valence-corrected chi connectivity index (χ0v) is 25.0. The quantitative estimate of drug-likeness (QED) is 0.160. The van der Waals surface area contributed by atoms with Crippen molar-refractivity contribution < 1.29 is 26.4 Å². The van der Waals surface area contributed by atoms with Crippen LogP contribution in [0.4, 0.5) is 0 Å². The summed E-state index contributed by atoms with van der Waals surface area (Å²) in [5, 5.41) is 10.1. The Hall–Kier alpha value is -0.550. The number of carbonyl (C=O) groups is 1. The second-order valence-electron chi connectivity index (χ2n) is 10.6. The van der Waals surface area contributed by atoms with E-state index in [4.69, 9.17) is 15.0 Å². The van der Waals surface area contributed by atoms with Gasteiger partial charge in [-0.1, -0.05) is 72.6 Å². The van der Waals surface area contributed by atoms with Crippen molar-refractivity contribution in [3.8, 4) is 0 Å². The van der Waals surface area contributed by atoms with Crippen LogP contribution in [-0.4, -0.2) is 47.3 Å². The van der Waals surface area contributed by atoms with E-state index in [1.807, 2.05) is 0 Å². The van der Waals surface area contributed by atoms with Crippen molar-refractivity contribution in [3.63, 3.8) is 0 Å². The number of ketones is 1. The molecule has 0 aliphatic rings. The number of carbonyl (C=O) groups excluding carboxylic acids is 1. The Morgan fingerprint density at radius 2 is 1.06 bits per heavy atom. The van der Waals surface area contributed by atoms with Crippen LogP contribution in [-0.2, 0) is 29.6 Å². The fourth-order valence-electron chi connectivity index (χ4n) is 5.18. The van der Waals surface area contributed by atoms with Crippen molar-refractivity contribution in [1.29, 1.82) is 0 Å². The molecule has 4 N–H and O–H groups in total. The third-order valence-electron chi connectivity index (χ3n) is 8.17. The molecule has 0 aromatic heterocycles. The summed E-state index contributed by atoms with van der Waals surface area (Å²) in [7, 11) is -7.12. The summed E-state index contributed by atoms with van der Waals surface area (Å²) in [4.78, 5) is 11.9. The molecule has 0 aliphatic heterocycles. The number of Topliss-reactive ketones (excluding diaryl/α,β-unsaturated/α-hetero) is 1. The van der Waals surface area contributed by atoms with Gasteiger partial charge >= 0.3 is 0 Å². The molecule has 8 nitrogen and oxygen atoms in total. The van der Waals surface area contributed by atoms with Gasteiger partial charge in [0.2, 0.25) is 20.0 Å². The van der Waals surface area contributed by atoms with E-state index < -0.39 is 25.8 Å². The molecule has 0 bridgehead atoms. The summed E-state index contributed by atoms with van der Waals surface area (Å²) in [6, 6.07) is 0. The summed E-state index contributed by atoms with van der Waals surface area (Å²) >= 11 is 0. The molecule has 0 radical (unpaired) electrons. The lowest BCUT2D eigenvalue weighted by atomic mass is 9.74. The van der Waals surface area contributed by atoms with Gasteiger partial charge in [0, 0.05) is 19.6 Å². The summed E-state index contributed by atoms with van der Waals surface area (Å²) in [6.07, 6.45) is 13.9. The molecular formula is C26H54N2O6S2. The molecule has 0 unspecified atom stereocenters. The summed E-state index contributed by atoms with van der Waals surface area (Å²) in [5.41, 5.74) is 0.337. The minimum absolute atomic E-state index is 0.0615. The van der Waals surface area contributed by atoms with E-state index in [-0.39, 0.29) is 28.8 Å². The Balaban J connectivity index is 4.19. The Bertz CT molecular complexity index is 804. The number of ether oxygens (including phenoxy) is 1. The third-order valence-corrected chi connectivity index (χ3v) is 9.76. The van der Waals surface area contributed by atoms with Gasteiger partial charge in [-0.05, 0) is 55.8 Å². The minimum atomic E-state index is -3.75. The number of hydrogen-bond acceptors (Lipinski definition) is 6. The average Bonchev–Trinajstić information content (AvgIpc) is 2.80. The van der Waals surface area contributed by atoms with Crippen molar-refractivity contribution in [2.24, 2.45) is 21.1 Å². The van der Waals surface area contributed by atoms with Gasteiger partial charge in [-0.2, -0.15) is 0 Å². The van der Waals surface area contributed by atoms with E-state index >= 15 is 0 Å². The molecule has 216 valence electrons. The Morgan fingerprint density at radius 3 is 1.44 bits per heavy atom. The van der Waals surface area contributed by atoms with Crippen LogP contribution in [0.15, 0.2) is 0 Å². The van der Waals surface area contributed by atoms with Crippen LogP contribution in [0.3, 0.4) is 0 Å². The summed E-state index contributed by atoms with van der Waals surface area (Å²) in [6.45, 7) is 10.2. The standard InChI is InChI=1S/C26H54N2O6S2/c1-5-25(6-2,18-11-14-22-35(27,30)31)16-9-12-20-34-21-13-10-17-26(7-3,8-4)19-15-24(29)23-36(28,32)33/h5-23H2,1-4H3,(H2,27,30,31)(H2,28,32,33). The molecule has 0 aromatic carbocycles. The second-order valence-corrected chi connectivity index (χ2v) is 14.0. The fraction of sp³-hybridized carbons (Fsp3) is 0.962. The number of unbranched alkanes of at least 4 members (excludes halogenated alkanes) is 3. The van der Waals surface area contributed by atoms with E-state index in [2.05, 4.69) is 27.7 Å². The molecule has 0 amide bonds.